The van der Waals surface area contributed by atoms with Crippen LogP contribution in [0.4, 0.5) is 13.2 Å². The Labute approximate surface area is 163 Å². The van der Waals surface area contributed by atoms with Crippen molar-refractivity contribution in [2.45, 2.75) is 31.3 Å². The van der Waals surface area contributed by atoms with Crippen LogP contribution < -0.4 is 4.74 Å². The maximum absolute atomic E-state index is 13.0. The van der Waals surface area contributed by atoms with Crippen LogP contribution in [0.25, 0.3) is 0 Å². The lowest BCUT2D eigenvalue weighted by Crippen LogP contribution is -2.41. The van der Waals surface area contributed by atoms with Crippen LogP contribution in [-0.4, -0.2) is 34.3 Å². The van der Waals surface area contributed by atoms with Gasteiger partial charge in [0.15, 0.2) is 0 Å². The van der Waals surface area contributed by atoms with Gasteiger partial charge < -0.3 is 14.7 Å². The minimum absolute atomic E-state index is 0.0553. The predicted molar refractivity (Wildman–Crippen MR) is 94.1 cm³/mol. The summed E-state index contributed by atoms with van der Waals surface area (Å²) in [5.41, 5.74) is 0.679. The lowest BCUT2D eigenvalue weighted by Gasteiger charge is -2.29. The van der Waals surface area contributed by atoms with Crippen LogP contribution in [0.2, 0.25) is 5.02 Å². The average molecular weight is 414 g/mol. The predicted octanol–water partition coefficient (Wildman–Crippen LogP) is 4.67. The maximum Gasteiger partial charge on any atom is 0.573 e. The van der Waals surface area contributed by atoms with Gasteiger partial charge in [0.25, 0.3) is 5.91 Å². The van der Waals surface area contributed by atoms with Gasteiger partial charge in [0.05, 0.1) is 6.04 Å². The zero-order chi connectivity index (χ0) is 20.5. The third-order valence-electron chi connectivity index (χ3n) is 4.50. The van der Waals surface area contributed by atoms with E-state index in [1.807, 2.05) is 0 Å². The summed E-state index contributed by atoms with van der Waals surface area (Å²) < 4.78 is 40.7. The second-order valence-electron chi connectivity index (χ2n) is 6.25. The SMILES string of the molecule is O=C(O)[C@@H]1CC[C@H](c2ccccc2Cl)N1C(=O)c1ccc(OC(F)(F)F)cc1. The molecule has 1 amide bonds. The second-order valence-corrected chi connectivity index (χ2v) is 6.66. The standard InChI is InChI=1S/C19H15ClF3NO4/c20-14-4-2-1-3-13(14)15-9-10-16(18(26)27)24(15)17(25)11-5-7-12(8-6-11)28-19(21,22)23/h1-8,15-16H,9-10H2,(H,26,27)/t15-,16+/m1/s1. The number of aliphatic carboxylic acids is 1. The molecule has 3 rings (SSSR count). The number of carbonyl (C=O) groups is 2. The quantitative estimate of drug-likeness (QED) is 0.791. The van der Waals surface area contributed by atoms with Crippen molar-refractivity contribution in [3.05, 3.63) is 64.7 Å². The van der Waals surface area contributed by atoms with Crippen LogP contribution in [0.5, 0.6) is 5.75 Å². The van der Waals surface area contributed by atoms with Crippen molar-refractivity contribution in [3.8, 4) is 5.75 Å². The van der Waals surface area contributed by atoms with Gasteiger partial charge in [0, 0.05) is 10.6 Å². The Bertz CT molecular complexity index is 885. The molecule has 1 aliphatic heterocycles. The van der Waals surface area contributed by atoms with Gasteiger partial charge in [-0.05, 0) is 48.7 Å². The summed E-state index contributed by atoms with van der Waals surface area (Å²) >= 11 is 6.22. The summed E-state index contributed by atoms with van der Waals surface area (Å²) in [4.78, 5) is 25.9. The van der Waals surface area contributed by atoms with Crippen molar-refractivity contribution < 1.29 is 32.6 Å². The summed E-state index contributed by atoms with van der Waals surface area (Å²) in [6.07, 6.45) is -4.20. The molecule has 1 aliphatic rings. The number of ether oxygens (including phenoxy) is 1. The molecule has 0 spiro atoms. The summed E-state index contributed by atoms with van der Waals surface area (Å²) in [6, 6.07) is 9.59. The highest BCUT2D eigenvalue weighted by Crippen LogP contribution is 2.40. The number of hydrogen-bond acceptors (Lipinski definition) is 3. The Morgan fingerprint density at radius 2 is 1.71 bits per heavy atom. The van der Waals surface area contributed by atoms with Gasteiger partial charge in [-0.25, -0.2) is 4.79 Å². The van der Waals surface area contributed by atoms with Crippen LogP contribution in [0.1, 0.15) is 34.8 Å². The molecule has 0 aromatic heterocycles. The lowest BCUT2D eigenvalue weighted by molar-refractivity contribution is -0.274. The number of alkyl halides is 3. The second kappa shape index (κ2) is 7.71. The number of rotatable bonds is 4. The average Bonchev–Trinajstić information content (AvgIpc) is 3.06. The van der Waals surface area contributed by atoms with E-state index in [9.17, 15) is 27.9 Å². The van der Waals surface area contributed by atoms with E-state index in [0.717, 1.165) is 12.1 Å². The van der Waals surface area contributed by atoms with Gasteiger partial charge in [0.2, 0.25) is 0 Å². The number of benzene rings is 2. The van der Waals surface area contributed by atoms with Crippen LogP contribution in [0.3, 0.4) is 0 Å². The number of amides is 1. The Hall–Kier alpha value is -2.74. The molecular formula is C19H15ClF3NO4. The molecule has 0 radical (unpaired) electrons. The normalized spacial score (nSPS) is 19.5. The van der Waals surface area contributed by atoms with E-state index in [2.05, 4.69) is 4.74 Å². The number of likely N-dealkylation sites (tertiary alicyclic amines) is 1. The molecule has 5 nitrogen and oxygen atoms in total. The minimum atomic E-state index is -4.84. The van der Waals surface area contributed by atoms with E-state index in [1.54, 1.807) is 24.3 Å². The molecule has 0 bridgehead atoms. The van der Waals surface area contributed by atoms with Gasteiger partial charge in [-0.1, -0.05) is 29.8 Å². The van der Waals surface area contributed by atoms with E-state index in [-0.39, 0.29) is 12.0 Å². The van der Waals surface area contributed by atoms with E-state index >= 15 is 0 Å². The van der Waals surface area contributed by atoms with E-state index < -0.39 is 36.1 Å². The molecule has 0 aliphatic carbocycles. The molecule has 28 heavy (non-hydrogen) atoms. The topological polar surface area (TPSA) is 66.8 Å². The first kappa shape index (κ1) is 20.0. The van der Waals surface area contributed by atoms with Gasteiger partial charge in [-0.3, -0.25) is 4.79 Å². The monoisotopic (exact) mass is 413 g/mol. The zero-order valence-corrected chi connectivity index (χ0v) is 15.1. The summed E-state index contributed by atoms with van der Waals surface area (Å²) in [6.45, 7) is 0. The molecule has 1 N–H and O–H groups in total. The van der Waals surface area contributed by atoms with Gasteiger partial charge in [0.1, 0.15) is 11.8 Å². The fourth-order valence-corrected chi connectivity index (χ4v) is 3.60. The third-order valence-corrected chi connectivity index (χ3v) is 4.85. The van der Waals surface area contributed by atoms with E-state index in [1.165, 1.54) is 17.0 Å². The maximum atomic E-state index is 13.0. The number of carboxylic acid groups (broad SMARTS) is 1. The number of halogens is 4. The Morgan fingerprint density at radius 3 is 2.29 bits per heavy atom. The lowest BCUT2D eigenvalue weighted by atomic mass is 10.0. The first-order chi connectivity index (χ1) is 13.2. The Kier molecular flexibility index (Phi) is 5.51. The highest BCUT2D eigenvalue weighted by atomic mass is 35.5. The number of carbonyl (C=O) groups excluding carboxylic acids is 1. The van der Waals surface area contributed by atoms with Crippen molar-refractivity contribution in [2.75, 3.05) is 0 Å². The first-order valence-electron chi connectivity index (χ1n) is 8.33. The molecule has 2 aromatic rings. The van der Waals surface area contributed by atoms with E-state index in [4.69, 9.17) is 11.6 Å². The van der Waals surface area contributed by atoms with Crippen LogP contribution in [-0.2, 0) is 4.79 Å². The van der Waals surface area contributed by atoms with Crippen molar-refractivity contribution in [1.29, 1.82) is 0 Å². The van der Waals surface area contributed by atoms with Gasteiger partial charge in [-0.15, -0.1) is 13.2 Å². The van der Waals surface area contributed by atoms with Gasteiger partial charge in [-0.2, -0.15) is 0 Å². The van der Waals surface area contributed by atoms with Crippen molar-refractivity contribution in [2.24, 2.45) is 0 Å². The summed E-state index contributed by atoms with van der Waals surface area (Å²) in [5.74, 6) is -2.23. The molecule has 0 saturated carbocycles. The summed E-state index contributed by atoms with van der Waals surface area (Å²) in [5, 5.41) is 9.92. The number of nitrogens with zero attached hydrogens (tertiary/aromatic N) is 1. The highest BCUT2D eigenvalue weighted by Gasteiger charge is 2.42. The smallest absolute Gasteiger partial charge is 0.480 e. The van der Waals surface area contributed by atoms with Crippen molar-refractivity contribution in [1.82, 2.24) is 4.90 Å². The molecular weight excluding hydrogens is 399 g/mol. The molecule has 1 saturated heterocycles. The van der Waals surface area contributed by atoms with E-state index in [0.29, 0.717) is 17.0 Å². The number of carboxylic acids is 1. The highest BCUT2D eigenvalue weighted by molar-refractivity contribution is 6.31. The van der Waals surface area contributed by atoms with Crippen LogP contribution >= 0.6 is 11.6 Å². The first-order valence-corrected chi connectivity index (χ1v) is 8.71. The zero-order valence-electron chi connectivity index (χ0n) is 14.3. The minimum Gasteiger partial charge on any atom is -0.480 e. The molecule has 9 heteroatoms. The van der Waals surface area contributed by atoms with Gasteiger partial charge >= 0.3 is 12.3 Å². The van der Waals surface area contributed by atoms with Crippen LogP contribution in [0, 0.1) is 0 Å². The fourth-order valence-electron chi connectivity index (χ4n) is 3.34. The molecule has 1 fully saturated rings. The largest absolute Gasteiger partial charge is 0.573 e. The van der Waals surface area contributed by atoms with Crippen molar-refractivity contribution >= 4 is 23.5 Å². The molecule has 0 unspecified atom stereocenters. The molecule has 2 atom stereocenters. The Morgan fingerprint density at radius 1 is 1.07 bits per heavy atom. The van der Waals surface area contributed by atoms with Crippen molar-refractivity contribution in [3.63, 3.8) is 0 Å². The molecule has 1 heterocycles. The molecule has 148 valence electrons. The molecule has 2 aromatic carbocycles. The number of hydrogen-bond donors (Lipinski definition) is 1. The third kappa shape index (κ3) is 4.22. The fraction of sp³-hybridized carbons (Fsp3) is 0.263. The Balaban J connectivity index is 1.91. The van der Waals surface area contributed by atoms with Crippen LogP contribution in [0.15, 0.2) is 48.5 Å². The summed E-state index contributed by atoms with van der Waals surface area (Å²) in [7, 11) is 0.